The van der Waals surface area contributed by atoms with Crippen molar-refractivity contribution in [3.8, 4) is 5.75 Å². The number of carbonyl (C=O) groups is 1. The Hall–Kier alpha value is -0.850. The summed E-state index contributed by atoms with van der Waals surface area (Å²) in [5.41, 5.74) is 0.855. The Morgan fingerprint density at radius 1 is 1.00 bits per heavy atom. The molecular formula is C13H8Br3NO2. The van der Waals surface area contributed by atoms with Gasteiger partial charge in [-0.1, -0.05) is 31.9 Å². The van der Waals surface area contributed by atoms with Crippen LogP contribution in [0, 0.1) is 0 Å². The van der Waals surface area contributed by atoms with E-state index in [1.165, 1.54) is 6.07 Å². The summed E-state index contributed by atoms with van der Waals surface area (Å²) in [7, 11) is 0. The summed E-state index contributed by atoms with van der Waals surface area (Å²) < 4.78 is 2.14. The van der Waals surface area contributed by atoms with Crippen LogP contribution in [-0.2, 0) is 0 Å². The Labute approximate surface area is 135 Å². The molecule has 6 heteroatoms. The quantitative estimate of drug-likeness (QED) is 0.682. The highest BCUT2D eigenvalue weighted by Gasteiger charge is 2.16. The van der Waals surface area contributed by atoms with Crippen molar-refractivity contribution in [3.05, 3.63) is 55.4 Å². The summed E-state index contributed by atoms with van der Waals surface area (Å²) >= 11 is 9.83. The van der Waals surface area contributed by atoms with Crippen LogP contribution in [0.1, 0.15) is 10.4 Å². The number of hydrogen-bond donors (Lipinski definition) is 2. The van der Waals surface area contributed by atoms with Crippen LogP contribution in [-0.4, -0.2) is 11.0 Å². The lowest BCUT2D eigenvalue weighted by Crippen LogP contribution is -2.12. The van der Waals surface area contributed by atoms with Gasteiger partial charge in [-0.15, -0.1) is 0 Å². The van der Waals surface area contributed by atoms with E-state index in [9.17, 15) is 9.90 Å². The molecule has 0 aliphatic carbocycles. The molecule has 0 heterocycles. The molecule has 0 aliphatic heterocycles. The van der Waals surface area contributed by atoms with E-state index < -0.39 is 0 Å². The fourth-order valence-electron chi connectivity index (χ4n) is 1.51. The Morgan fingerprint density at radius 2 is 1.63 bits per heavy atom. The summed E-state index contributed by atoms with van der Waals surface area (Å²) in [6.45, 7) is 0. The molecule has 3 nitrogen and oxygen atoms in total. The maximum Gasteiger partial charge on any atom is 0.260 e. The molecule has 98 valence electrons. The van der Waals surface area contributed by atoms with E-state index in [0.717, 1.165) is 4.47 Å². The molecule has 2 rings (SSSR count). The number of anilines is 1. The van der Waals surface area contributed by atoms with Crippen molar-refractivity contribution >= 4 is 59.4 Å². The first kappa shape index (κ1) is 14.6. The molecule has 0 aromatic heterocycles. The summed E-state index contributed by atoms with van der Waals surface area (Å²) in [6.07, 6.45) is 0. The van der Waals surface area contributed by atoms with Gasteiger partial charge < -0.3 is 10.4 Å². The van der Waals surface area contributed by atoms with Crippen LogP contribution in [0.2, 0.25) is 0 Å². The van der Waals surface area contributed by atoms with E-state index in [-0.39, 0.29) is 17.2 Å². The highest BCUT2D eigenvalue weighted by molar-refractivity contribution is 9.11. The SMILES string of the molecule is O=C(Nc1ccc(Br)cc1)c1c(O)cc(Br)cc1Br. The standard InChI is InChI=1S/C13H8Br3NO2/c14-7-1-3-9(4-2-7)17-13(19)12-10(16)5-8(15)6-11(12)18/h1-6,18H,(H,17,19). The molecule has 0 radical (unpaired) electrons. The van der Waals surface area contributed by atoms with Crippen LogP contribution in [0.25, 0.3) is 0 Å². The summed E-state index contributed by atoms with van der Waals surface area (Å²) in [4.78, 5) is 12.1. The van der Waals surface area contributed by atoms with Crippen LogP contribution in [0.4, 0.5) is 5.69 Å². The Morgan fingerprint density at radius 3 is 2.21 bits per heavy atom. The van der Waals surface area contributed by atoms with Gasteiger partial charge in [-0.2, -0.15) is 0 Å². The van der Waals surface area contributed by atoms with Crippen LogP contribution in [0.3, 0.4) is 0 Å². The van der Waals surface area contributed by atoms with Crippen LogP contribution >= 0.6 is 47.8 Å². The number of rotatable bonds is 2. The largest absolute Gasteiger partial charge is 0.507 e. The van der Waals surface area contributed by atoms with Gasteiger partial charge in [0.15, 0.2) is 0 Å². The minimum absolute atomic E-state index is 0.0872. The fourth-order valence-corrected chi connectivity index (χ4v) is 3.16. The zero-order valence-corrected chi connectivity index (χ0v) is 14.2. The number of hydrogen-bond acceptors (Lipinski definition) is 2. The van der Waals surface area contributed by atoms with Crippen LogP contribution < -0.4 is 5.32 Å². The van der Waals surface area contributed by atoms with Gasteiger partial charge in [-0.3, -0.25) is 4.79 Å². The van der Waals surface area contributed by atoms with Crippen molar-refractivity contribution < 1.29 is 9.90 Å². The minimum Gasteiger partial charge on any atom is -0.507 e. The minimum atomic E-state index is -0.376. The number of benzene rings is 2. The lowest BCUT2D eigenvalue weighted by atomic mass is 10.2. The Bertz CT molecular complexity index is 603. The number of aromatic hydroxyl groups is 1. The topological polar surface area (TPSA) is 49.3 Å². The Kier molecular flexibility index (Phi) is 4.65. The second-order valence-electron chi connectivity index (χ2n) is 3.74. The molecular weight excluding hydrogens is 442 g/mol. The number of amides is 1. The number of phenolic OH excluding ortho intramolecular Hbond substituents is 1. The summed E-state index contributed by atoms with van der Waals surface area (Å²) in [5, 5.41) is 12.6. The average molecular weight is 450 g/mol. The third-order valence-corrected chi connectivity index (χ3v) is 3.98. The molecule has 0 atom stereocenters. The van der Waals surface area contributed by atoms with Gasteiger partial charge in [0.05, 0.1) is 5.56 Å². The van der Waals surface area contributed by atoms with Gasteiger partial charge in [-0.05, 0) is 52.3 Å². The first-order valence-corrected chi connectivity index (χ1v) is 7.60. The third kappa shape index (κ3) is 3.58. The maximum absolute atomic E-state index is 12.1. The predicted octanol–water partition coefficient (Wildman–Crippen LogP) is 4.93. The van der Waals surface area contributed by atoms with Crippen molar-refractivity contribution in [3.63, 3.8) is 0 Å². The van der Waals surface area contributed by atoms with E-state index >= 15 is 0 Å². The molecule has 2 N–H and O–H groups in total. The van der Waals surface area contributed by atoms with Crippen molar-refractivity contribution in [1.29, 1.82) is 0 Å². The first-order valence-electron chi connectivity index (χ1n) is 5.22. The molecule has 1 amide bonds. The smallest absolute Gasteiger partial charge is 0.260 e. The molecule has 0 unspecified atom stereocenters. The predicted molar refractivity (Wildman–Crippen MR) is 85.6 cm³/mol. The van der Waals surface area contributed by atoms with E-state index in [2.05, 4.69) is 53.1 Å². The van der Waals surface area contributed by atoms with Crippen molar-refractivity contribution in [2.24, 2.45) is 0 Å². The third-order valence-electron chi connectivity index (χ3n) is 2.36. The highest BCUT2D eigenvalue weighted by atomic mass is 79.9. The van der Waals surface area contributed by atoms with E-state index in [0.29, 0.717) is 14.6 Å². The van der Waals surface area contributed by atoms with Crippen molar-refractivity contribution in [1.82, 2.24) is 0 Å². The number of halogens is 3. The molecule has 19 heavy (non-hydrogen) atoms. The fraction of sp³-hybridized carbons (Fsp3) is 0. The summed E-state index contributed by atoms with van der Waals surface area (Å²) in [5.74, 6) is -0.463. The number of carbonyl (C=O) groups excluding carboxylic acids is 1. The molecule has 0 fully saturated rings. The van der Waals surface area contributed by atoms with Gasteiger partial charge in [0.2, 0.25) is 0 Å². The van der Waals surface area contributed by atoms with Gasteiger partial charge in [0.1, 0.15) is 5.75 Å². The molecule has 0 saturated heterocycles. The van der Waals surface area contributed by atoms with Gasteiger partial charge in [-0.25, -0.2) is 0 Å². The molecule has 0 saturated carbocycles. The lowest BCUT2D eigenvalue weighted by molar-refractivity contribution is 0.102. The van der Waals surface area contributed by atoms with Gasteiger partial charge in [0, 0.05) is 19.1 Å². The van der Waals surface area contributed by atoms with Gasteiger partial charge >= 0.3 is 0 Å². The second-order valence-corrected chi connectivity index (χ2v) is 6.43. The molecule has 2 aromatic carbocycles. The van der Waals surface area contributed by atoms with Crippen LogP contribution in [0.5, 0.6) is 5.75 Å². The zero-order valence-electron chi connectivity index (χ0n) is 9.45. The molecule has 0 bridgehead atoms. The number of nitrogens with one attached hydrogen (secondary N) is 1. The lowest BCUT2D eigenvalue weighted by Gasteiger charge is -2.09. The van der Waals surface area contributed by atoms with Crippen LogP contribution in [0.15, 0.2) is 49.8 Å². The molecule has 0 aliphatic rings. The van der Waals surface area contributed by atoms with Crippen molar-refractivity contribution in [2.45, 2.75) is 0 Å². The average Bonchev–Trinajstić information content (AvgIpc) is 2.30. The van der Waals surface area contributed by atoms with Gasteiger partial charge in [0.25, 0.3) is 5.91 Å². The Balaban J connectivity index is 2.28. The monoisotopic (exact) mass is 447 g/mol. The second kappa shape index (κ2) is 6.07. The summed E-state index contributed by atoms with van der Waals surface area (Å²) in [6, 6.07) is 10.4. The molecule has 2 aromatic rings. The number of phenols is 1. The molecule has 0 spiro atoms. The zero-order chi connectivity index (χ0) is 14.0. The maximum atomic E-state index is 12.1. The first-order chi connectivity index (χ1) is 8.97. The van der Waals surface area contributed by atoms with E-state index in [1.807, 2.05) is 12.1 Å². The van der Waals surface area contributed by atoms with E-state index in [4.69, 9.17) is 0 Å². The highest BCUT2D eigenvalue weighted by Crippen LogP contribution is 2.31. The van der Waals surface area contributed by atoms with Crippen molar-refractivity contribution in [2.75, 3.05) is 5.32 Å². The normalized spacial score (nSPS) is 10.3. The van der Waals surface area contributed by atoms with E-state index in [1.54, 1.807) is 18.2 Å².